The first-order valence-corrected chi connectivity index (χ1v) is 12.1. The summed E-state index contributed by atoms with van der Waals surface area (Å²) < 4.78 is 0.236. The van der Waals surface area contributed by atoms with E-state index in [4.69, 9.17) is 5.11 Å². The zero-order valence-corrected chi connectivity index (χ0v) is 19.5. The second-order valence-corrected chi connectivity index (χ2v) is 9.26. The van der Waals surface area contributed by atoms with Crippen LogP contribution in [-0.2, 0) is 9.59 Å². The molecule has 0 heterocycles. The van der Waals surface area contributed by atoms with Gasteiger partial charge >= 0.3 is 11.9 Å². The molecule has 0 bridgehead atoms. The van der Waals surface area contributed by atoms with Crippen molar-refractivity contribution in [3.63, 3.8) is 0 Å². The van der Waals surface area contributed by atoms with Gasteiger partial charge in [-0.05, 0) is 12.8 Å². The van der Waals surface area contributed by atoms with Crippen LogP contribution in [0.25, 0.3) is 0 Å². The van der Waals surface area contributed by atoms with Gasteiger partial charge in [0.15, 0.2) is 6.04 Å². The molecule has 0 saturated carbocycles. The Morgan fingerprint density at radius 1 is 0.655 bits per heavy atom. The molecule has 0 spiro atoms. The van der Waals surface area contributed by atoms with Gasteiger partial charge in [-0.2, -0.15) is 0 Å². The van der Waals surface area contributed by atoms with Crippen LogP contribution in [0, 0.1) is 0 Å². The predicted octanol–water partition coefficient (Wildman–Crippen LogP) is 6.25. The third-order valence-corrected chi connectivity index (χ3v) is 6.08. The van der Waals surface area contributed by atoms with Gasteiger partial charge in [-0.25, -0.2) is 4.79 Å². The molecule has 0 rings (SSSR count). The van der Waals surface area contributed by atoms with Crippen LogP contribution in [0.2, 0.25) is 0 Å². The summed E-state index contributed by atoms with van der Waals surface area (Å²) in [6.45, 7) is 2.98. The molecular weight excluding hydrogens is 366 g/mol. The van der Waals surface area contributed by atoms with Gasteiger partial charge < -0.3 is 14.7 Å². The van der Waals surface area contributed by atoms with Gasteiger partial charge in [0.2, 0.25) is 0 Å². The quantitative estimate of drug-likeness (QED) is 0.172. The minimum Gasteiger partial charge on any atom is -0.481 e. The monoisotopic (exact) mass is 414 g/mol. The van der Waals surface area contributed by atoms with Crippen LogP contribution in [0.4, 0.5) is 0 Å². The van der Waals surface area contributed by atoms with Crippen molar-refractivity contribution >= 4 is 11.9 Å². The molecule has 2 N–H and O–H groups in total. The number of aliphatic carboxylic acids is 2. The van der Waals surface area contributed by atoms with E-state index in [2.05, 4.69) is 6.92 Å². The predicted molar refractivity (Wildman–Crippen MR) is 120 cm³/mol. The van der Waals surface area contributed by atoms with E-state index in [0.717, 1.165) is 12.8 Å². The molecule has 1 atom stereocenters. The van der Waals surface area contributed by atoms with Crippen molar-refractivity contribution < 1.29 is 24.3 Å². The molecule has 5 nitrogen and oxygen atoms in total. The summed E-state index contributed by atoms with van der Waals surface area (Å²) in [7, 11) is 3.65. The number of carboxylic acids is 2. The van der Waals surface area contributed by atoms with Crippen LogP contribution in [0.5, 0.6) is 0 Å². The average Bonchev–Trinajstić information content (AvgIpc) is 2.65. The molecule has 0 aromatic heterocycles. The molecule has 0 fully saturated rings. The molecule has 0 radical (unpaired) electrons. The van der Waals surface area contributed by atoms with Crippen LogP contribution < -0.4 is 0 Å². The molecule has 0 saturated heterocycles. The Balaban J connectivity index is 3.54. The number of unbranched alkanes of at least 4 members (excludes halogenated alkanes) is 15. The van der Waals surface area contributed by atoms with Crippen molar-refractivity contribution in [3.05, 3.63) is 0 Å². The van der Waals surface area contributed by atoms with Crippen molar-refractivity contribution in [1.29, 1.82) is 0 Å². The first-order chi connectivity index (χ1) is 13.8. The first-order valence-electron chi connectivity index (χ1n) is 12.1. The van der Waals surface area contributed by atoms with E-state index in [1.807, 2.05) is 14.1 Å². The van der Waals surface area contributed by atoms with Crippen LogP contribution in [0.1, 0.15) is 116 Å². The number of rotatable bonds is 21. The summed E-state index contributed by atoms with van der Waals surface area (Å²) in [5.74, 6) is -2.07. The molecule has 0 aliphatic heterocycles. The Labute approximate surface area is 179 Å². The normalized spacial score (nSPS) is 12.8. The number of hydrogen-bond donors (Lipinski definition) is 2. The lowest BCUT2D eigenvalue weighted by molar-refractivity contribution is -0.906. The van der Waals surface area contributed by atoms with E-state index in [-0.39, 0.29) is 10.9 Å². The lowest BCUT2D eigenvalue weighted by atomic mass is 10.0. The van der Waals surface area contributed by atoms with Gasteiger partial charge in [0, 0.05) is 0 Å². The van der Waals surface area contributed by atoms with Crippen molar-refractivity contribution in [1.82, 2.24) is 0 Å². The van der Waals surface area contributed by atoms with Crippen LogP contribution in [0.3, 0.4) is 0 Å². The second kappa shape index (κ2) is 17.7. The van der Waals surface area contributed by atoms with E-state index >= 15 is 0 Å². The molecule has 1 unspecified atom stereocenters. The summed E-state index contributed by atoms with van der Waals surface area (Å²) in [6.07, 6.45) is 20.7. The van der Waals surface area contributed by atoms with Crippen LogP contribution in [-0.4, -0.2) is 53.3 Å². The molecule has 0 aromatic carbocycles. The topological polar surface area (TPSA) is 74.6 Å². The van der Waals surface area contributed by atoms with Crippen molar-refractivity contribution in [3.8, 4) is 0 Å². The number of quaternary nitrogens is 1. The SMILES string of the molecule is CCCCCCCCCCCCCCCCCC[N+](C)(C)C(CC(=O)O)C(=O)O. The summed E-state index contributed by atoms with van der Waals surface area (Å²) >= 11 is 0. The molecule has 0 aliphatic rings. The minimum absolute atomic E-state index is 0.236. The fourth-order valence-electron chi connectivity index (χ4n) is 4.02. The Hall–Kier alpha value is -1.10. The Morgan fingerprint density at radius 3 is 1.31 bits per heavy atom. The van der Waals surface area contributed by atoms with Crippen molar-refractivity contribution in [2.45, 2.75) is 122 Å². The van der Waals surface area contributed by atoms with Gasteiger partial charge in [-0.15, -0.1) is 0 Å². The number of carboxylic acid groups (broad SMARTS) is 2. The fraction of sp³-hybridized carbons (Fsp3) is 0.917. The molecule has 29 heavy (non-hydrogen) atoms. The van der Waals surface area contributed by atoms with E-state index in [0.29, 0.717) is 6.54 Å². The third kappa shape index (κ3) is 16.4. The second-order valence-electron chi connectivity index (χ2n) is 9.26. The number of carbonyl (C=O) groups is 2. The third-order valence-electron chi connectivity index (χ3n) is 6.08. The summed E-state index contributed by atoms with van der Waals surface area (Å²) in [5, 5.41) is 18.2. The number of hydrogen-bond acceptors (Lipinski definition) is 2. The standard InChI is InChI=1S/C24H47NO4/c1-4-5-6-7-8-9-10-11-12-13-14-15-16-17-18-19-20-25(2,3)22(24(28)29)21-23(26)27/h22H,4-21H2,1-3H3,(H-,26,27,28,29)/p+1. The van der Waals surface area contributed by atoms with Gasteiger partial charge in [0.25, 0.3) is 0 Å². The maximum atomic E-state index is 11.4. The summed E-state index contributed by atoms with van der Waals surface area (Å²) in [6, 6.07) is -0.871. The Kier molecular flexibility index (Phi) is 17.1. The zero-order valence-electron chi connectivity index (χ0n) is 19.5. The van der Waals surface area contributed by atoms with Gasteiger partial charge in [0.1, 0.15) is 6.42 Å². The molecule has 172 valence electrons. The molecule has 5 heteroatoms. The molecule has 0 amide bonds. The Bertz CT molecular complexity index is 423. The fourth-order valence-corrected chi connectivity index (χ4v) is 4.02. The van der Waals surface area contributed by atoms with E-state index < -0.39 is 18.0 Å². The molecule has 0 aromatic rings. The minimum atomic E-state index is -1.05. The highest BCUT2D eigenvalue weighted by Gasteiger charge is 2.36. The van der Waals surface area contributed by atoms with Crippen LogP contribution in [0.15, 0.2) is 0 Å². The number of nitrogens with zero attached hydrogens (tertiary/aromatic N) is 1. The zero-order chi connectivity index (χ0) is 22.0. The number of likely N-dealkylation sites (N-methyl/N-ethyl adjacent to an activating group) is 1. The smallest absolute Gasteiger partial charge is 0.363 e. The van der Waals surface area contributed by atoms with E-state index in [1.54, 1.807) is 0 Å². The first kappa shape index (κ1) is 27.9. The lowest BCUT2D eigenvalue weighted by Crippen LogP contribution is -2.54. The van der Waals surface area contributed by atoms with Gasteiger partial charge in [-0.3, -0.25) is 4.79 Å². The highest BCUT2D eigenvalue weighted by molar-refractivity contribution is 5.79. The summed E-state index contributed by atoms with van der Waals surface area (Å²) in [5.41, 5.74) is 0. The lowest BCUT2D eigenvalue weighted by Gasteiger charge is -2.35. The van der Waals surface area contributed by atoms with E-state index in [1.165, 1.54) is 89.9 Å². The highest BCUT2D eigenvalue weighted by Crippen LogP contribution is 2.16. The maximum Gasteiger partial charge on any atom is 0.363 e. The maximum absolute atomic E-state index is 11.4. The largest absolute Gasteiger partial charge is 0.481 e. The van der Waals surface area contributed by atoms with Gasteiger partial charge in [-0.1, -0.05) is 96.8 Å². The molecule has 0 aliphatic carbocycles. The van der Waals surface area contributed by atoms with Crippen molar-refractivity contribution in [2.24, 2.45) is 0 Å². The average molecular weight is 415 g/mol. The summed E-state index contributed by atoms with van der Waals surface area (Å²) in [4.78, 5) is 22.3. The van der Waals surface area contributed by atoms with Crippen molar-refractivity contribution in [2.75, 3.05) is 20.6 Å². The van der Waals surface area contributed by atoms with Gasteiger partial charge in [0.05, 0.1) is 20.6 Å². The van der Waals surface area contributed by atoms with Crippen LogP contribution >= 0.6 is 0 Å². The van der Waals surface area contributed by atoms with E-state index in [9.17, 15) is 14.7 Å². The Morgan fingerprint density at radius 2 is 1.00 bits per heavy atom. The molecular formula is C24H48NO4+. The highest BCUT2D eigenvalue weighted by atomic mass is 16.4.